The molecule has 204 valence electrons. The third kappa shape index (κ3) is 6.33. The van der Waals surface area contributed by atoms with Gasteiger partial charge in [-0.05, 0) is 55.4 Å². The lowest BCUT2D eigenvalue weighted by Gasteiger charge is -2.32. The predicted molar refractivity (Wildman–Crippen MR) is 156 cm³/mol. The van der Waals surface area contributed by atoms with Crippen molar-refractivity contribution in [2.75, 3.05) is 30.3 Å². The fraction of sp³-hybridized carbons (Fsp3) is 0.452. The molecule has 1 saturated heterocycles. The SMILES string of the molecule is Oc1ccc(CCNc2nc(NC3CCN(Cc4ccccc4)CC3)nc3c2ncn3C2CCCCC2)cc1. The van der Waals surface area contributed by atoms with Gasteiger partial charge in [0.1, 0.15) is 5.75 Å². The van der Waals surface area contributed by atoms with E-state index in [1.807, 2.05) is 18.5 Å². The van der Waals surface area contributed by atoms with Crippen molar-refractivity contribution in [1.82, 2.24) is 24.4 Å². The minimum atomic E-state index is 0.291. The Hall–Kier alpha value is -3.65. The van der Waals surface area contributed by atoms with E-state index in [9.17, 15) is 5.11 Å². The van der Waals surface area contributed by atoms with E-state index >= 15 is 0 Å². The molecule has 0 radical (unpaired) electrons. The quantitative estimate of drug-likeness (QED) is 0.256. The molecule has 2 aliphatic rings. The van der Waals surface area contributed by atoms with Crippen LogP contribution in [0.2, 0.25) is 0 Å². The second-order valence-corrected chi connectivity index (χ2v) is 11.0. The minimum Gasteiger partial charge on any atom is -0.508 e. The van der Waals surface area contributed by atoms with E-state index in [4.69, 9.17) is 15.0 Å². The van der Waals surface area contributed by atoms with Crippen molar-refractivity contribution >= 4 is 22.9 Å². The predicted octanol–water partition coefficient (Wildman–Crippen LogP) is 5.77. The van der Waals surface area contributed by atoms with Gasteiger partial charge in [-0.2, -0.15) is 9.97 Å². The summed E-state index contributed by atoms with van der Waals surface area (Å²) in [4.78, 5) is 17.3. The fourth-order valence-electron chi connectivity index (χ4n) is 5.98. The summed E-state index contributed by atoms with van der Waals surface area (Å²) in [6.07, 6.45) is 11.1. The molecule has 0 amide bonds. The first-order chi connectivity index (χ1) is 19.2. The molecule has 3 heterocycles. The molecular formula is C31H39N7O. The largest absolute Gasteiger partial charge is 0.508 e. The van der Waals surface area contributed by atoms with Gasteiger partial charge < -0.3 is 20.3 Å². The zero-order valence-corrected chi connectivity index (χ0v) is 22.6. The van der Waals surface area contributed by atoms with E-state index in [1.54, 1.807) is 12.1 Å². The number of aromatic hydroxyl groups is 1. The highest BCUT2D eigenvalue weighted by molar-refractivity contribution is 5.84. The Morgan fingerprint density at radius 2 is 1.62 bits per heavy atom. The van der Waals surface area contributed by atoms with Crippen LogP contribution in [0, 0.1) is 0 Å². The van der Waals surface area contributed by atoms with Crippen LogP contribution in [0.5, 0.6) is 5.75 Å². The van der Waals surface area contributed by atoms with Crippen LogP contribution in [-0.2, 0) is 13.0 Å². The molecular weight excluding hydrogens is 486 g/mol. The number of nitrogens with zero attached hydrogens (tertiary/aromatic N) is 5. The summed E-state index contributed by atoms with van der Waals surface area (Å²) in [7, 11) is 0. The van der Waals surface area contributed by atoms with Gasteiger partial charge in [0.05, 0.1) is 6.33 Å². The molecule has 39 heavy (non-hydrogen) atoms. The maximum Gasteiger partial charge on any atom is 0.227 e. The molecule has 1 aliphatic heterocycles. The van der Waals surface area contributed by atoms with Gasteiger partial charge in [0.25, 0.3) is 0 Å². The normalized spacial score (nSPS) is 17.4. The van der Waals surface area contributed by atoms with Crippen molar-refractivity contribution in [3.63, 3.8) is 0 Å². The highest BCUT2D eigenvalue weighted by Crippen LogP contribution is 2.32. The summed E-state index contributed by atoms with van der Waals surface area (Å²) in [5.74, 6) is 1.77. The third-order valence-corrected chi connectivity index (χ3v) is 8.20. The average Bonchev–Trinajstić information content (AvgIpc) is 3.40. The number of phenols is 1. The number of phenolic OH excluding ortho intramolecular Hbond substituents is 1. The first kappa shape index (κ1) is 25.6. The molecule has 1 saturated carbocycles. The van der Waals surface area contributed by atoms with Crippen LogP contribution in [0.25, 0.3) is 11.2 Å². The highest BCUT2D eigenvalue weighted by Gasteiger charge is 2.23. The number of nitrogens with one attached hydrogen (secondary N) is 2. The molecule has 3 N–H and O–H groups in total. The Morgan fingerprint density at radius 3 is 2.38 bits per heavy atom. The summed E-state index contributed by atoms with van der Waals surface area (Å²) in [6, 6.07) is 18.9. The third-order valence-electron chi connectivity index (χ3n) is 8.20. The van der Waals surface area contributed by atoms with Crippen molar-refractivity contribution in [2.24, 2.45) is 0 Å². The first-order valence-corrected chi connectivity index (χ1v) is 14.5. The van der Waals surface area contributed by atoms with Crippen molar-refractivity contribution in [3.8, 4) is 5.75 Å². The first-order valence-electron chi connectivity index (χ1n) is 14.5. The summed E-state index contributed by atoms with van der Waals surface area (Å²) < 4.78 is 2.29. The standard InChI is InChI=1S/C31H39N7O/c39-27-13-11-23(12-14-27)15-18-32-29-28-30(38(22-33-28)26-9-5-2-6-10-26)36-31(35-29)34-25-16-19-37(20-17-25)21-24-7-3-1-4-8-24/h1,3-4,7-8,11-14,22,25-26,39H,2,5-6,9-10,15-21H2,(H2,32,34,35,36). The van der Waals surface area contributed by atoms with Gasteiger partial charge in [-0.3, -0.25) is 4.90 Å². The average molecular weight is 526 g/mol. The minimum absolute atomic E-state index is 0.291. The van der Waals surface area contributed by atoms with Crippen molar-refractivity contribution in [3.05, 3.63) is 72.1 Å². The van der Waals surface area contributed by atoms with E-state index in [0.717, 1.165) is 62.4 Å². The molecule has 6 rings (SSSR count). The molecule has 2 fully saturated rings. The Labute approximate surface area is 230 Å². The lowest BCUT2D eigenvalue weighted by Crippen LogP contribution is -2.39. The molecule has 1 aliphatic carbocycles. The zero-order valence-electron chi connectivity index (χ0n) is 22.6. The van der Waals surface area contributed by atoms with Gasteiger partial charge in [-0.25, -0.2) is 4.98 Å². The smallest absolute Gasteiger partial charge is 0.227 e. The number of aromatic nitrogens is 4. The van der Waals surface area contributed by atoms with Crippen molar-refractivity contribution in [2.45, 2.75) is 70.0 Å². The van der Waals surface area contributed by atoms with Gasteiger partial charge >= 0.3 is 0 Å². The van der Waals surface area contributed by atoms with E-state index < -0.39 is 0 Å². The number of likely N-dealkylation sites (tertiary alicyclic amines) is 1. The van der Waals surface area contributed by atoms with E-state index in [1.165, 1.54) is 43.2 Å². The summed E-state index contributed by atoms with van der Waals surface area (Å²) in [6.45, 7) is 3.86. The Bertz CT molecular complexity index is 1340. The Kier molecular flexibility index (Phi) is 7.90. The van der Waals surface area contributed by atoms with E-state index in [0.29, 0.717) is 23.8 Å². The lowest BCUT2D eigenvalue weighted by atomic mass is 9.95. The number of hydrogen-bond donors (Lipinski definition) is 3. The van der Waals surface area contributed by atoms with Gasteiger partial charge in [-0.15, -0.1) is 0 Å². The monoisotopic (exact) mass is 525 g/mol. The van der Waals surface area contributed by atoms with Crippen molar-refractivity contribution < 1.29 is 5.11 Å². The highest BCUT2D eigenvalue weighted by atomic mass is 16.3. The van der Waals surface area contributed by atoms with E-state index in [-0.39, 0.29) is 0 Å². The van der Waals surface area contributed by atoms with Gasteiger partial charge in [0, 0.05) is 38.3 Å². The molecule has 0 atom stereocenters. The topological polar surface area (TPSA) is 91.1 Å². The Balaban J connectivity index is 1.17. The second kappa shape index (κ2) is 12.0. The number of fused-ring (bicyclic) bond motifs is 1. The molecule has 8 nitrogen and oxygen atoms in total. The number of imidazole rings is 1. The lowest BCUT2D eigenvalue weighted by molar-refractivity contribution is 0.211. The van der Waals surface area contributed by atoms with Crippen LogP contribution in [0.15, 0.2) is 60.9 Å². The number of hydrogen-bond acceptors (Lipinski definition) is 7. The molecule has 2 aromatic heterocycles. The van der Waals surface area contributed by atoms with Crippen LogP contribution in [-0.4, -0.2) is 55.2 Å². The van der Waals surface area contributed by atoms with Crippen LogP contribution >= 0.6 is 0 Å². The Morgan fingerprint density at radius 1 is 0.846 bits per heavy atom. The summed E-state index contributed by atoms with van der Waals surface area (Å²) in [5, 5.41) is 16.8. The van der Waals surface area contributed by atoms with Crippen LogP contribution in [0.3, 0.4) is 0 Å². The fourth-order valence-corrected chi connectivity index (χ4v) is 5.98. The maximum atomic E-state index is 9.58. The molecule has 4 aromatic rings. The van der Waals surface area contributed by atoms with Gasteiger partial charge in [0.2, 0.25) is 5.95 Å². The zero-order chi connectivity index (χ0) is 26.4. The molecule has 0 bridgehead atoms. The maximum absolute atomic E-state index is 9.58. The molecule has 0 unspecified atom stereocenters. The number of piperidine rings is 1. The van der Waals surface area contributed by atoms with Crippen LogP contribution in [0.1, 0.15) is 62.1 Å². The van der Waals surface area contributed by atoms with Crippen molar-refractivity contribution in [1.29, 1.82) is 0 Å². The van der Waals surface area contributed by atoms with Gasteiger partial charge in [-0.1, -0.05) is 61.7 Å². The number of anilines is 2. The molecule has 2 aromatic carbocycles. The second-order valence-electron chi connectivity index (χ2n) is 11.0. The summed E-state index contributed by atoms with van der Waals surface area (Å²) >= 11 is 0. The number of rotatable bonds is 9. The summed E-state index contributed by atoms with van der Waals surface area (Å²) in [5.41, 5.74) is 4.30. The van der Waals surface area contributed by atoms with Crippen LogP contribution < -0.4 is 10.6 Å². The number of benzene rings is 2. The van der Waals surface area contributed by atoms with Gasteiger partial charge in [0.15, 0.2) is 17.0 Å². The molecule has 0 spiro atoms. The van der Waals surface area contributed by atoms with Crippen LogP contribution in [0.4, 0.5) is 11.8 Å². The molecule has 8 heteroatoms. The van der Waals surface area contributed by atoms with E-state index in [2.05, 4.69) is 50.4 Å².